The maximum absolute atomic E-state index is 2.19. The van der Waals surface area contributed by atoms with E-state index in [1.54, 1.807) is 0 Å². The first-order chi connectivity index (χ1) is 6.12. The Morgan fingerprint density at radius 1 is 0.571 bits per heavy atom. The third-order valence-corrected chi connectivity index (χ3v) is 1.33. The van der Waals surface area contributed by atoms with Crippen LogP contribution in [0.3, 0.4) is 0 Å². The molecular formula is C14H28. The molecule has 0 aromatic heterocycles. The summed E-state index contributed by atoms with van der Waals surface area (Å²) in [5.41, 5.74) is 0.740. The van der Waals surface area contributed by atoms with E-state index in [1.807, 2.05) is 13.8 Å². The van der Waals surface area contributed by atoms with Gasteiger partial charge in [0, 0.05) is 0 Å². The SMILES string of the molecule is C/C=C/C(C)(C)C.C/C=C/C(C)(C)C. The van der Waals surface area contributed by atoms with Crippen LogP contribution in [-0.4, -0.2) is 0 Å². The molecule has 0 saturated heterocycles. The van der Waals surface area contributed by atoms with Gasteiger partial charge >= 0.3 is 0 Å². The number of hydrogen-bond donors (Lipinski definition) is 0. The van der Waals surface area contributed by atoms with Gasteiger partial charge in [-0.3, -0.25) is 0 Å². The summed E-state index contributed by atoms with van der Waals surface area (Å²) in [5.74, 6) is 0. The highest BCUT2D eigenvalue weighted by atomic mass is 14.1. The lowest BCUT2D eigenvalue weighted by atomic mass is 9.97. The molecule has 0 aromatic rings. The van der Waals surface area contributed by atoms with E-state index in [9.17, 15) is 0 Å². The minimum absolute atomic E-state index is 0.370. The third kappa shape index (κ3) is 22.5. The van der Waals surface area contributed by atoms with Gasteiger partial charge in [-0.25, -0.2) is 0 Å². The maximum Gasteiger partial charge on any atom is -0.0203 e. The second-order valence-electron chi connectivity index (χ2n) is 5.73. The Balaban J connectivity index is 0. The predicted molar refractivity (Wildman–Crippen MR) is 68.5 cm³/mol. The first-order valence-electron chi connectivity index (χ1n) is 5.40. The minimum atomic E-state index is 0.370. The van der Waals surface area contributed by atoms with Crippen LogP contribution in [0.5, 0.6) is 0 Å². The van der Waals surface area contributed by atoms with Crippen molar-refractivity contribution in [1.82, 2.24) is 0 Å². The fourth-order valence-corrected chi connectivity index (χ4v) is 1.00. The maximum atomic E-state index is 2.19. The molecule has 0 atom stereocenters. The average Bonchev–Trinajstić information content (AvgIpc) is 1.81. The van der Waals surface area contributed by atoms with Crippen molar-refractivity contribution in [3.8, 4) is 0 Å². The van der Waals surface area contributed by atoms with Crippen LogP contribution in [0.4, 0.5) is 0 Å². The molecule has 0 heterocycles. The van der Waals surface area contributed by atoms with Crippen molar-refractivity contribution in [3.05, 3.63) is 24.3 Å². The molecule has 0 aromatic carbocycles. The Hall–Kier alpha value is -0.520. The highest BCUT2D eigenvalue weighted by molar-refractivity contribution is 4.89. The molecule has 0 aliphatic carbocycles. The third-order valence-electron chi connectivity index (χ3n) is 1.33. The normalized spacial score (nSPS) is 13.1. The zero-order chi connectivity index (χ0) is 11.8. The second kappa shape index (κ2) is 6.86. The van der Waals surface area contributed by atoms with E-state index in [0.717, 1.165) is 0 Å². The average molecular weight is 196 g/mol. The molecule has 0 fully saturated rings. The van der Waals surface area contributed by atoms with E-state index in [-0.39, 0.29) is 0 Å². The summed E-state index contributed by atoms with van der Waals surface area (Å²) in [6, 6.07) is 0. The highest BCUT2D eigenvalue weighted by Gasteiger charge is 2.01. The van der Waals surface area contributed by atoms with Crippen LogP contribution in [0.2, 0.25) is 0 Å². The van der Waals surface area contributed by atoms with E-state index in [0.29, 0.717) is 10.8 Å². The smallest absolute Gasteiger partial charge is 0.0203 e. The lowest BCUT2D eigenvalue weighted by Gasteiger charge is -2.09. The van der Waals surface area contributed by atoms with Crippen LogP contribution < -0.4 is 0 Å². The molecule has 0 radical (unpaired) electrons. The fourth-order valence-electron chi connectivity index (χ4n) is 1.00. The van der Waals surface area contributed by atoms with Crippen molar-refractivity contribution in [2.24, 2.45) is 10.8 Å². The van der Waals surface area contributed by atoms with Gasteiger partial charge < -0.3 is 0 Å². The van der Waals surface area contributed by atoms with Gasteiger partial charge in [0.2, 0.25) is 0 Å². The van der Waals surface area contributed by atoms with Gasteiger partial charge in [-0.2, -0.15) is 0 Å². The lowest BCUT2D eigenvalue weighted by molar-refractivity contribution is 0.543. The molecule has 0 nitrogen and oxygen atoms in total. The second-order valence-corrected chi connectivity index (χ2v) is 5.73. The van der Waals surface area contributed by atoms with Crippen molar-refractivity contribution in [2.45, 2.75) is 55.4 Å². The van der Waals surface area contributed by atoms with E-state index in [1.165, 1.54) is 0 Å². The van der Waals surface area contributed by atoms with Crippen LogP contribution in [0.25, 0.3) is 0 Å². The van der Waals surface area contributed by atoms with Gasteiger partial charge in [-0.15, -0.1) is 0 Å². The lowest BCUT2D eigenvalue weighted by Crippen LogP contribution is -1.97. The Kier molecular flexibility index (Phi) is 7.81. The van der Waals surface area contributed by atoms with Gasteiger partial charge in [0.15, 0.2) is 0 Å². The van der Waals surface area contributed by atoms with Gasteiger partial charge in [0.05, 0.1) is 0 Å². The van der Waals surface area contributed by atoms with Crippen molar-refractivity contribution < 1.29 is 0 Å². The summed E-state index contributed by atoms with van der Waals surface area (Å²) in [6.07, 6.45) is 8.54. The van der Waals surface area contributed by atoms with Gasteiger partial charge in [0.1, 0.15) is 0 Å². The molecular weight excluding hydrogens is 168 g/mol. The van der Waals surface area contributed by atoms with Crippen molar-refractivity contribution in [3.63, 3.8) is 0 Å². The molecule has 0 rings (SSSR count). The Labute approximate surface area is 91.1 Å². The van der Waals surface area contributed by atoms with E-state index < -0.39 is 0 Å². The summed E-state index contributed by atoms with van der Waals surface area (Å²) >= 11 is 0. The molecule has 84 valence electrons. The minimum Gasteiger partial charge on any atom is -0.0911 e. The van der Waals surface area contributed by atoms with Crippen molar-refractivity contribution in [2.75, 3.05) is 0 Å². The van der Waals surface area contributed by atoms with E-state index in [4.69, 9.17) is 0 Å². The molecule has 0 heteroatoms. The first-order valence-corrected chi connectivity index (χ1v) is 5.40. The fraction of sp³-hybridized carbons (Fsp3) is 0.714. The van der Waals surface area contributed by atoms with Crippen LogP contribution in [0.1, 0.15) is 55.4 Å². The largest absolute Gasteiger partial charge is 0.0911 e. The summed E-state index contributed by atoms with van der Waals surface area (Å²) in [4.78, 5) is 0. The molecule has 0 bridgehead atoms. The summed E-state index contributed by atoms with van der Waals surface area (Å²) in [7, 11) is 0. The molecule has 0 amide bonds. The topological polar surface area (TPSA) is 0 Å². The van der Waals surface area contributed by atoms with Crippen molar-refractivity contribution in [1.29, 1.82) is 0 Å². The molecule has 0 saturated carbocycles. The molecule has 0 aliphatic rings. The quantitative estimate of drug-likeness (QED) is 0.466. The number of allylic oxidation sites excluding steroid dienone is 4. The Morgan fingerprint density at radius 2 is 0.786 bits per heavy atom. The first kappa shape index (κ1) is 15.9. The van der Waals surface area contributed by atoms with E-state index >= 15 is 0 Å². The zero-order valence-electron chi connectivity index (χ0n) is 11.3. The summed E-state index contributed by atoms with van der Waals surface area (Å²) < 4.78 is 0. The molecule has 14 heavy (non-hydrogen) atoms. The Bertz CT molecular complexity index is 147. The van der Waals surface area contributed by atoms with Gasteiger partial charge in [-0.05, 0) is 24.7 Å². The van der Waals surface area contributed by atoms with Crippen LogP contribution in [-0.2, 0) is 0 Å². The monoisotopic (exact) mass is 196 g/mol. The van der Waals surface area contributed by atoms with Crippen molar-refractivity contribution >= 4 is 0 Å². The zero-order valence-corrected chi connectivity index (χ0v) is 11.3. The number of hydrogen-bond acceptors (Lipinski definition) is 0. The van der Waals surface area contributed by atoms with E-state index in [2.05, 4.69) is 65.8 Å². The molecule has 0 aliphatic heterocycles. The molecule has 0 unspecified atom stereocenters. The Morgan fingerprint density at radius 3 is 0.786 bits per heavy atom. The van der Waals surface area contributed by atoms with Crippen LogP contribution >= 0.6 is 0 Å². The molecule has 0 N–H and O–H groups in total. The van der Waals surface area contributed by atoms with Crippen LogP contribution in [0, 0.1) is 10.8 Å². The summed E-state index contributed by atoms with van der Waals surface area (Å²) in [5, 5.41) is 0. The van der Waals surface area contributed by atoms with Crippen LogP contribution in [0.15, 0.2) is 24.3 Å². The highest BCUT2D eigenvalue weighted by Crippen LogP contribution is 2.13. The number of rotatable bonds is 0. The van der Waals surface area contributed by atoms with Gasteiger partial charge in [-0.1, -0.05) is 65.8 Å². The standard InChI is InChI=1S/2C7H14/c2*1-5-6-7(2,3)4/h2*5-6H,1-4H3/b2*6-5+. The molecule has 0 spiro atoms. The predicted octanol–water partition coefficient (Wildman–Crippen LogP) is 5.22. The summed E-state index contributed by atoms with van der Waals surface area (Å²) in [6.45, 7) is 17.2. The van der Waals surface area contributed by atoms with Gasteiger partial charge in [0.25, 0.3) is 0 Å².